The zero-order chi connectivity index (χ0) is 23.3. The molecule has 2 amide bonds. The highest BCUT2D eigenvalue weighted by molar-refractivity contribution is 6.34. The number of anilines is 1. The highest BCUT2D eigenvalue weighted by Gasteiger charge is 2.20. The first-order valence-electron chi connectivity index (χ1n) is 9.61. The second-order valence-electron chi connectivity index (χ2n) is 6.80. The number of rotatable bonds is 8. The minimum absolute atomic E-state index is 0. The third-order valence-corrected chi connectivity index (χ3v) is 4.78. The van der Waals surface area contributed by atoms with Gasteiger partial charge in [0.05, 0.1) is 17.7 Å². The van der Waals surface area contributed by atoms with Crippen molar-refractivity contribution in [2.45, 2.75) is 19.9 Å². The standard InChI is InChI=1S/C21H20ClF2N5O3.2ClH/c1-3-6-29(11-12-4-5-19(32-2)25-10-12)21(31)17-9-18(28-27-17)26-20(30)13-7-15(23)16(24)8-14(13)22;;/h4-5,7-10H,3,6,11H2,1-2H3,(H2,26,27,28,30);2*1H. The zero-order valence-corrected chi connectivity index (χ0v) is 20.5. The molecule has 0 aliphatic heterocycles. The number of nitrogens with zero attached hydrogens (tertiary/aromatic N) is 3. The van der Waals surface area contributed by atoms with Gasteiger partial charge in [0.1, 0.15) is 5.69 Å². The van der Waals surface area contributed by atoms with Crippen LogP contribution in [0.2, 0.25) is 5.02 Å². The molecule has 0 aliphatic rings. The van der Waals surface area contributed by atoms with E-state index in [2.05, 4.69) is 20.5 Å². The number of H-pyrrole nitrogens is 1. The molecule has 8 nitrogen and oxygen atoms in total. The number of pyridine rings is 1. The van der Waals surface area contributed by atoms with Crippen LogP contribution in [0, 0.1) is 11.6 Å². The molecule has 1 aromatic carbocycles. The van der Waals surface area contributed by atoms with Gasteiger partial charge in [-0.15, -0.1) is 24.8 Å². The monoisotopic (exact) mass is 535 g/mol. The van der Waals surface area contributed by atoms with Crippen LogP contribution in [-0.2, 0) is 6.54 Å². The van der Waals surface area contributed by atoms with Crippen LogP contribution in [0.1, 0.15) is 39.8 Å². The smallest absolute Gasteiger partial charge is 0.272 e. The Morgan fingerprint density at radius 3 is 2.50 bits per heavy atom. The number of carbonyl (C=O) groups excluding carboxylic acids is 2. The van der Waals surface area contributed by atoms with Crippen LogP contribution >= 0.6 is 36.4 Å². The van der Waals surface area contributed by atoms with Gasteiger partial charge >= 0.3 is 0 Å². The molecule has 0 atom stereocenters. The summed E-state index contributed by atoms with van der Waals surface area (Å²) < 4.78 is 31.7. The highest BCUT2D eigenvalue weighted by Crippen LogP contribution is 2.21. The van der Waals surface area contributed by atoms with E-state index in [1.807, 2.05) is 13.0 Å². The number of amides is 2. The van der Waals surface area contributed by atoms with Crippen LogP contribution in [0.3, 0.4) is 0 Å². The summed E-state index contributed by atoms with van der Waals surface area (Å²) in [5.74, 6) is -3.00. The van der Waals surface area contributed by atoms with E-state index in [4.69, 9.17) is 16.3 Å². The molecular weight excluding hydrogens is 515 g/mol. The van der Waals surface area contributed by atoms with E-state index in [-0.39, 0.29) is 52.8 Å². The fourth-order valence-electron chi connectivity index (χ4n) is 2.91. The van der Waals surface area contributed by atoms with Gasteiger partial charge in [0.25, 0.3) is 11.8 Å². The van der Waals surface area contributed by atoms with Gasteiger partial charge in [-0.2, -0.15) is 5.10 Å². The Hall–Kier alpha value is -2.95. The fourth-order valence-corrected chi connectivity index (χ4v) is 3.15. The van der Waals surface area contributed by atoms with Crippen molar-refractivity contribution < 1.29 is 23.1 Å². The molecular formula is C21H22Cl3F2N5O3. The molecule has 2 N–H and O–H groups in total. The first-order chi connectivity index (χ1) is 15.3. The van der Waals surface area contributed by atoms with E-state index in [9.17, 15) is 18.4 Å². The number of hydrogen-bond acceptors (Lipinski definition) is 5. The number of benzene rings is 1. The first-order valence-corrected chi connectivity index (χ1v) is 9.99. The first kappa shape index (κ1) is 29.1. The van der Waals surface area contributed by atoms with Crippen molar-refractivity contribution in [3.05, 3.63) is 70.0 Å². The molecule has 184 valence electrons. The molecule has 3 aromatic rings. The molecule has 0 fully saturated rings. The average Bonchev–Trinajstić information content (AvgIpc) is 3.24. The summed E-state index contributed by atoms with van der Waals surface area (Å²) in [5.41, 5.74) is 0.696. The van der Waals surface area contributed by atoms with Crippen LogP contribution in [0.5, 0.6) is 5.88 Å². The van der Waals surface area contributed by atoms with Gasteiger partial charge in [-0.3, -0.25) is 14.7 Å². The predicted octanol–water partition coefficient (Wildman–Crippen LogP) is 4.89. The Morgan fingerprint density at radius 2 is 1.88 bits per heavy atom. The van der Waals surface area contributed by atoms with Crippen LogP contribution in [0.25, 0.3) is 0 Å². The van der Waals surface area contributed by atoms with Crippen molar-refractivity contribution in [1.82, 2.24) is 20.1 Å². The van der Waals surface area contributed by atoms with Gasteiger partial charge < -0.3 is 15.0 Å². The number of nitrogens with one attached hydrogen (secondary N) is 2. The van der Waals surface area contributed by atoms with Crippen LogP contribution < -0.4 is 10.1 Å². The van der Waals surface area contributed by atoms with Gasteiger partial charge in [-0.05, 0) is 24.1 Å². The number of ether oxygens (including phenoxy) is 1. The van der Waals surface area contributed by atoms with E-state index >= 15 is 0 Å². The second kappa shape index (κ2) is 13.1. The molecule has 0 saturated heterocycles. The van der Waals surface area contributed by atoms with Crippen molar-refractivity contribution in [3.63, 3.8) is 0 Å². The van der Waals surface area contributed by atoms with Crippen molar-refractivity contribution in [2.75, 3.05) is 19.0 Å². The number of methoxy groups -OCH3 is 1. The maximum atomic E-state index is 13.5. The molecule has 0 spiro atoms. The van der Waals surface area contributed by atoms with Gasteiger partial charge in [-0.1, -0.05) is 24.6 Å². The van der Waals surface area contributed by atoms with Crippen molar-refractivity contribution in [3.8, 4) is 5.88 Å². The molecule has 2 heterocycles. The molecule has 13 heteroatoms. The molecule has 2 aromatic heterocycles. The largest absolute Gasteiger partial charge is 0.481 e. The van der Waals surface area contributed by atoms with Crippen molar-refractivity contribution >= 4 is 54.0 Å². The Kier molecular flexibility index (Phi) is 11.2. The summed E-state index contributed by atoms with van der Waals surface area (Å²) in [5, 5.41) is 8.63. The van der Waals surface area contributed by atoms with E-state index in [1.54, 1.807) is 17.2 Å². The van der Waals surface area contributed by atoms with E-state index < -0.39 is 17.5 Å². The normalized spacial score (nSPS) is 10.0. The lowest BCUT2D eigenvalue weighted by Gasteiger charge is -2.21. The summed E-state index contributed by atoms with van der Waals surface area (Å²) in [7, 11) is 1.52. The Morgan fingerprint density at radius 1 is 1.18 bits per heavy atom. The number of aromatic nitrogens is 3. The van der Waals surface area contributed by atoms with Gasteiger partial charge in [-0.25, -0.2) is 13.8 Å². The van der Waals surface area contributed by atoms with Crippen LogP contribution in [0.4, 0.5) is 14.6 Å². The molecule has 0 bridgehead atoms. The summed E-state index contributed by atoms with van der Waals surface area (Å²) in [6.45, 7) is 2.74. The number of hydrogen-bond donors (Lipinski definition) is 2. The topological polar surface area (TPSA) is 100 Å². The van der Waals surface area contributed by atoms with Crippen molar-refractivity contribution in [2.24, 2.45) is 0 Å². The summed E-state index contributed by atoms with van der Waals surface area (Å²) in [6.07, 6.45) is 2.35. The maximum absolute atomic E-state index is 13.5. The number of halogens is 5. The maximum Gasteiger partial charge on any atom is 0.272 e. The third-order valence-electron chi connectivity index (χ3n) is 4.47. The molecule has 0 aliphatic carbocycles. The second-order valence-corrected chi connectivity index (χ2v) is 7.21. The molecule has 0 unspecified atom stereocenters. The predicted molar refractivity (Wildman–Crippen MR) is 128 cm³/mol. The van der Waals surface area contributed by atoms with E-state index in [1.165, 1.54) is 13.2 Å². The van der Waals surface area contributed by atoms with Gasteiger partial charge in [0, 0.05) is 31.4 Å². The van der Waals surface area contributed by atoms with Crippen LogP contribution in [-0.4, -0.2) is 45.6 Å². The van der Waals surface area contributed by atoms with E-state index in [0.717, 1.165) is 12.0 Å². The number of aromatic amines is 1. The molecule has 3 rings (SSSR count). The van der Waals surface area contributed by atoms with Crippen molar-refractivity contribution in [1.29, 1.82) is 0 Å². The fraction of sp³-hybridized carbons (Fsp3) is 0.238. The Balaban J connectivity index is 0.00000289. The minimum Gasteiger partial charge on any atom is -0.481 e. The zero-order valence-electron chi connectivity index (χ0n) is 18.1. The molecule has 0 radical (unpaired) electrons. The Bertz CT molecular complexity index is 1130. The SMILES string of the molecule is CCCN(Cc1ccc(OC)nc1)C(=O)c1cc(NC(=O)c2cc(F)c(F)cc2Cl)n[nH]1.Cl.Cl. The van der Waals surface area contributed by atoms with E-state index in [0.29, 0.717) is 31.1 Å². The average molecular weight is 537 g/mol. The number of carbonyl (C=O) groups is 2. The Labute approximate surface area is 211 Å². The molecule has 0 saturated carbocycles. The quantitative estimate of drug-likeness (QED) is 0.399. The lowest BCUT2D eigenvalue weighted by atomic mass is 10.2. The lowest BCUT2D eigenvalue weighted by Crippen LogP contribution is -2.31. The van der Waals surface area contributed by atoms with Crippen LogP contribution in [0.15, 0.2) is 36.5 Å². The summed E-state index contributed by atoms with van der Waals surface area (Å²) in [4.78, 5) is 31.1. The minimum atomic E-state index is -1.21. The molecule has 34 heavy (non-hydrogen) atoms. The summed E-state index contributed by atoms with van der Waals surface area (Å²) >= 11 is 5.82. The summed E-state index contributed by atoms with van der Waals surface area (Å²) in [6, 6.07) is 6.27. The lowest BCUT2D eigenvalue weighted by molar-refractivity contribution is 0.0737. The van der Waals surface area contributed by atoms with Gasteiger partial charge in [0.15, 0.2) is 17.5 Å². The highest BCUT2D eigenvalue weighted by atomic mass is 35.5. The van der Waals surface area contributed by atoms with Gasteiger partial charge in [0.2, 0.25) is 5.88 Å². The third kappa shape index (κ3) is 7.02.